The van der Waals surface area contributed by atoms with E-state index in [9.17, 15) is 4.79 Å². The van der Waals surface area contributed by atoms with E-state index in [1.54, 1.807) is 7.11 Å². The Kier molecular flexibility index (Phi) is 2.77. The lowest BCUT2D eigenvalue weighted by molar-refractivity contribution is -0.150. The lowest BCUT2D eigenvalue weighted by Gasteiger charge is -2.39. The maximum absolute atomic E-state index is 10.9. The van der Waals surface area contributed by atoms with Gasteiger partial charge in [0.2, 0.25) is 0 Å². The predicted octanol–water partition coefficient (Wildman–Crippen LogP) is 1.91. The van der Waals surface area contributed by atoms with Gasteiger partial charge in [-0.1, -0.05) is 6.42 Å². The molecular weight excluding hydrogens is 180 g/mol. The van der Waals surface area contributed by atoms with Crippen molar-refractivity contribution in [1.29, 1.82) is 0 Å². The summed E-state index contributed by atoms with van der Waals surface area (Å²) >= 11 is 0. The highest BCUT2D eigenvalue weighted by Crippen LogP contribution is 2.46. The number of hydrogen-bond acceptors (Lipinski definition) is 2. The molecule has 0 saturated heterocycles. The van der Waals surface area contributed by atoms with E-state index >= 15 is 0 Å². The monoisotopic (exact) mass is 198 g/mol. The molecule has 3 nitrogen and oxygen atoms in total. The molecule has 1 N–H and O–H groups in total. The molecule has 0 aromatic carbocycles. The Balaban J connectivity index is 1.97. The molecule has 2 aliphatic rings. The topological polar surface area (TPSA) is 46.5 Å². The van der Waals surface area contributed by atoms with Crippen LogP contribution in [0.15, 0.2) is 0 Å². The number of carboxylic acids is 1. The van der Waals surface area contributed by atoms with Crippen LogP contribution in [0.4, 0.5) is 0 Å². The zero-order valence-corrected chi connectivity index (χ0v) is 8.61. The number of hydrogen-bond donors (Lipinski definition) is 1. The molecule has 0 heterocycles. The summed E-state index contributed by atoms with van der Waals surface area (Å²) in [6.45, 7) is 0. The van der Waals surface area contributed by atoms with Crippen LogP contribution >= 0.6 is 0 Å². The van der Waals surface area contributed by atoms with Gasteiger partial charge in [0, 0.05) is 7.11 Å². The van der Waals surface area contributed by atoms with E-state index in [-0.39, 0.29) is 5.92 Å². The maximum atomic E-state index is 10.9. The highest BCUT2D eigenvalue weighted by atomic mass is 16.5. The highest BCUT2D eigenvalue weighted by Gasteiger charge is 2.45. The van der Waals surface area contributed by atoms with E-state index in [0.29, 0.717) is 17.9 Å². The molecule has 4 unspecified atom stereocenters. The summed E-state index contributed by atoms with van der Waals surface area (Å²) < 4.78 is 5.42. The van der Waals surface area contributed by atoms with Crippen LogP contribution in [-0.2, 0) is 9.53 Å². The minimum absolute atomic E-state index is 0.0873. The minimum Gasteiger partial charge on any atom is -0.481 e. The molecule has 14 heavy (non-hydrogen) atoms. The summed E-state index contributed by atoms with van der Waals surface area (Å²) in [6.07, 6.45) is 5.75. The van der Waals surface area contributed by atoms with Crippen LogP contribution in [0.1, 0.15) is 32.1 Å². The average molecular weight is 198 g/mol. The molecular formula is C11H18O3. The standard InChI is InChI=1S/C11H18O3/c1-14-10-4-2-3-8(10)7-5-6-9(7)11(12)13/h7-10H,2-6H2,1H3,(H,12,13). The van der Waals surface area contributed by atoms with Gasteiger partial charge in [0.15, 0.2) is 0 Å². The van der Waals surface area contributed by atoms with Crippen LogP contribution in [0.2, 0.25) is 0 Å². The Hall–Kier alpha value is -0.570. The highest BCUT2D eigenvalue weighted by molar-refractivity contribution is 5.71. The number of rotatable bonds is 3. The fraction of sp³-hybridized carbons (Fsp3) is 0.909. The normalized spacial score (nSPS) is 42.1. The molecule has 2 fully saturated rings. The van der Waals surface area contributed by atoms with Gasteiger partial charge in [-0.2, -0.15) is 0 Å². The van der Waals surface area contributed by atoms with Gasteiger partial charge in [-0.3, -0.25) is 4.79 Å². The fourth-order valence-corrected chi connectivity index (χ4v) is 3.08. The van der Waals surface area contributed by atoms with Crippen molar-refractivity contribution in [3.05, 3.63) is 0 Å². The van der Waals surface area contributed by atoms with Crippen LogP contribution in [0, 0.1) is 17.8 Å². The third-order valence-corrected chi connectivity index (χ3v) is 4.00. The molecule has 2 rings (SSSR count). The lowest BCUT2D eigenvalue weighted by atomic mass is 9.66. The van der Waals surface area contributed by atoms with Crippen molar-refractivity contribution < 1.29 is 14.6 Å². The Labute approximate surface area is 84.4 Å². The van der Waals surface area contributed by atoms with Crippen molar-refractivity contribution in [1.82, 2.24) is 0 Å². The van der Waals surface area contributed by atoms with Gasteiger partial charge in [0.05, 0.1) is 12.0 Å². The number of aliphatic carboxylic acids is 1. The summed E-state index contributed by atoms with van der Waals surface area (Å²) in [6, 6.07) is 0. The molecule has 4 atom stereocenters. The molecule has 2 aliphatic carbocycles. The Morgan fingerprint density at radius 1 is 1.21 bits per heavy atom. The number of carbonyl (C=O) groups is 1. The molecule has 0 aromatic rings. The predicted molar refractivity (Wildman–Crippen MR) is 52.0 cm³/mol. The van der Waals surface area contributed by atoms with Gasteiger partial charge >= 0.3 is 5.97 Å². The summed E-state index contributed by atoms with van der Waals surface area (Å²) in [5, 5.41) is 8.98. The van der Waals surface area contributed by atoms with Gasteiger partial charge in [0.1, 0.15) is 0 Å². The van der Waals surface area contributed by atoms with Crippen molar-refractivity contribution >= 4 is 5.97 Å². The Morgan fingerprint density at radius 2 is 2.00 bits per heavy atom. The SMILES string of the molecule is COC1CCCC1C1CCC1C(=O)O. The van der Waals surface area contributed by atoms with Crippen LogP contribution < -0.4 is 0 Å². The smallest absolute Gasteiger partial charge is 0.306 e. The van der Waals surface area contributed by atoms with Gasteiger partial charge in [-0.15, -0.1) is 0 Å². The molecule has 2 saturated carbocycles. The Morgan fingerprint density at radius 3 is 2.50 bits per heavy atom. The first kappa shape index (κ1) is 9.97. The molecule has 80 valence electrons. The first-order chi connectivity index (χ1) is 6.74. The molecule has 0 amide bonds. The van der Waals surface area contributed by atoms with Gasteiger partial charge in [-0.25, -0.2) is 0 Å². The first-order valence-electron chi connectivity index (χ1n) is 5.49. The molecule has 0 aliphatic heterocycles. The van der Waals surface area contributed by atoms with Gasteiger partial charge in [-0.05, 0) is 37.5 Å². The van der Waals surface area contributed by atoms with Crippen molar-refractivity contribution in [3.8, 4) is 0 Å². The molecule has 0 spiro atoms. The number of ether oxygens (including phenoxy) is 1. The van der Waals surface area contributed by atoms with E-state index in [2.05, 4.69) is 0 Å². The average Bonchev–Trinajstić information content (AvgIpc) is 2.49. The van der Waals surface area contributed by atoms with Crippen molar-refractivity contribution in [2.24, 2.45) is 17.8 Å². The van der Waals surface area contributed by atoms with E-state index < -0.39 is 5.97 Å². The number of carboxylic acid groups (broad SMARTS) is 1. The minimum atomic E-state index is -0.608. The van der Waals surface area contributed by atoms with Gasteiger partial charge in [0.25, 0.3) is 0 Å². The molecule has 0 aromatic heterocycles. The maximum Gasteiger partial charge on any atom is 0.306 e. The number of methoxy groups -OCH3 is 1. The van der Waals surface area contributed by atoms with E-state index in [0.717, 1.165) is 25.7 Å². The molecule has 0 bridgehead atoms. The second-order valence-corrected chi connectivity index (χ2v) is 4.55. The Bertz CT molecular complexity index is 227. The van der Waals surface area contributed by atoms with Crippen molar-refractivity contribution in [3.63, 3.8) is 0 Å². The van der Waals surface area contributed by atoms with Crippen LogP contribution in [0.3, 0.4) is 0 Å². The second kappa shape index (κ2) is 3.89. The third-order valence-electron chi connectivity index (χ3n) is 4.00. The van der Waals surface area contributed by atoms with Crippen LogP contribution in [-0.4, -0.2) is 24.3 Å². The van der Waals surface area contributed by atoms with Crippen molar-refractivity contribution in [2.45, 2.75) is 38.2 Å². The fourth-order valence-electron chi connectivity index (χ4n) is 3.08. The molecule has 3 heteroatoms. The lowest BCUT2D eigenvalue weighted by Crippen LogP contribution is -2.40. The third kappa shape index (κ3) is 1.54. The largest absolute Gasteiger partial charge is 0.481 e. The molecule has 0 radical (unpaired) electrons. The summed E-state index contributed by atoms with van der Waals surface area (Å²) in [7, 11) is 1.75. The second-order valence-electron chi connectivity index (χ2n) is 4.55. The summed E-state index contributed by atoms with van der Waals surface area (Å²) in [5.74, 6) is 0.202. The quantitative estimate of drug-likeness (QED) is 0.753. The van der Waals surface area contributed by atoms with E-state index in [1.165, 1.54) is 6.42 Å². The van der Waals surface area contributed by atoms with Crippen molar-refractivity contribution in [2.75, 3.05) is 7.11 Å². The summed E-state index contributed by atoms with van der Waals surface area (Å²) in [5.41, 5.74) is 0. The van der Waals surface area contributed by atoms with Crippen LogP contribution in [0.25, 0.3) is 0 Å². The summed E-state index contributed by atoms with van der Waals surface area (Å²) in [4.78, 5) is 10.9. The van der Waals surface area contributed by atoms with Gasteiger partial charge < -0.3 is 9.84 Å². The van der Waals surface area contributed by atoms with E-state index in [4.69, 9.17) is 9.84 Å². The first-order valence-corrected chi connectivity index (χ1v) is 5.49. The van der Waals surface area contributed by atoms with Crippen LogP contribution in [0.5, 0.6) is 0 Å². The van der Waals surface area contributed by atoms with E-state index in [1.807, 2.05) is 0 Å². The zero-order chi connectivity index (χ0) is 10.1. The zero-order valence-electron chi connectivity index (χ0n) is 8.61.